The lowest BCUT2D eigenvalue weighted by atomic mass is 10.3. The summed E-state index contributed by atoms with van der Waals surface area (Å²) in [5.74, 6) is 1.38. The van der Waals surface area contributed by atoms with Crippen molar-refractivity contribution in [1.29, 1.82) is 0 Å². The molecule has 0 bridgehead atoms. The fourth-order valence-corrected chi connectivity index (χ4v) is 2.55. The Balaban J connectivity index is 1.77. The second kappa shape index (κ2) is 5.23. The first-order valence-electron chi connectivity index (χ1n) is 6.02. The summed E-state index contributed by atoms with van der Waals surface area (Å²) in [4.78, 5) is 10.1. The van der Waals surface area contributed by atoms with Gasteiger partial charge in [0.2, 0.25) is 5.95 Å². The lowest BCUT2D eigenvalue weighted by molar-refractivity contribution is 1.03. The molecule has 0 radical (unpaired) electrons. The molecule has 3 N–H and O–H groups in total. The van der Waals surface area contributed by atoms with E-state index >= 15 is 0 Å². The van der Waals surface area contributed by atoms with Crippen molar-refractivity contribution in [2.45, 2.75) is 6.42 Å². The monoisotopic (exact) mass is 274 g/mol. The summed E-state index contributed by atoms with van der Waals surface area (Å²) in [6.45, 7) is 0.834. The van der Waals surface area contributed by atoms with Crippen LogP contribution in [0.1, 0.15) is 4.88 Å². The topological polar surface area (TPSA) is 78.5 Å². The molecular weight excluding hydrogens is 260 g/mol. The lowest BCUT2D eigenvalue weighted by Gasteiger charge is -2.07. The van der Waals surface area contributed by atoms with E-state index in [1.165, 1.54) is 4.88 Å². The highest BCUT2D eigenvalue weighted by atomic mass is 32.1. The van der Waals surface area contributed by atoms with Gasteiger partial charge in [0.1, 0.15) is 5.82 Å². The van der Waals surface area contributed by atoms with Gasteiger partial charge >= 0.3 is 0 Å². The Labute approximate surface area is 114 Å². The molecule has 0 aliphatic heterocycles. The average molecular weight is 274 g/mol. The summed E-state index contributed by atoms with van der Waals surface area (Å²) in [5, 5.41) is 16.1. The average Bonchev–Trinajstić information content (AvgIpc) is 3.08. The molecule has 6 nitrogen and oxygen atoms in total. The molecule has 3 heterocycles. The normalized spacial score (nSPS) is 10.8. The van der Waals surface area contributed by atoms with Crippen molar-refractivity contribution in [3.8, 4) is 0 Å². The van der Waals surface area contributed by atoms with Gasteiger partial charge in [0, 0.05) is 18.5 Å². The van der Waals surface area contributed by atoms with Crippen LogP contribution < -0.4 is 10.6 Å². The van der Waals surface area contributed by atoms with E-state index in [2.05, 4.69) is 48.3 Å². The molecule has 0 aromatic carbocycles. The molecule has 98 valence electrons. The Morgan fingerprint density at radius 2 is 2.32 bits per heavy atom. The van der Waals surface area contributed by atoms with Gasteiger partial charge in [-0.3, -0.25) is 5.10 Å². The minimum atomic E-state index is 0.579. The second-order valence-electron chi connectivity index (χ2n) is 4.03. The van der Waals surface area contributed by atoms with Crippen LogP contribution in [0.25, 0.3) is 11.0 Å². The number of hydrogen-bond donors (Lipinski definition) is 3. The zero-order valence-electron chi connectivity index (χ0n) is 10.5. The first-order valence-corrected chi connectivity index (χ1v) is 6.90. The van der Waals surface area contributed by atoms with Crippen molar-refractivity contribution in [3.63, 3.8) is 0 Å². The van der Waals surface area contributed by atoms with Crippen LogP contribution in [0.5, 0.6) is 0 Å². The highest BCUT2D eigenvalue weighted by Gasteiger charge is 2.08. The molecule has 0 spiro atoms. The predicted molar refractivity (Wildman–Crippen MR) is 77.7 cm³/mol. The Kier molecular flexibility index (Phi) is 3.28. The molecule has 0 saturated carbocycles. The number of rotatable bonds is 5. The Morgan fingerprint density at radius 3 is 3.11 bits per heavy atom. The van der Waals surface area contributed by atoms with Gasteiger partial charge in [-0.15, -0.1) is 11.3 Å². The maximum absolute atomic E-state index is 4.42. The largest absolute Gasteiger partial charge is 0.369 e. The smallest absolute Gasteiger partial charge is 0.226 e. The highest BCUT2D eigenvalue weighted by molar-refractivity contribution is 7.09. The summed E-state index contributed by atoms with van der Waals surface area (Å²) in [6.07, 6.45) is 2.72. The Morgan fingerprint density at radius 1 is 1.37 bits per heavy atom. The van der Waals surface area contributed by atoms with Gasteiger partial charge in [0.25, 0.3) is 0 Å². The fourth-order valence-electron chi connectivity index (χ4n) is 1.84. The Bertz CT molecular complexity index is 660. The number of nitrogens with zero attached hydrogens (tertiary/aromatic N) is 3. The summed E-state index contributed by atoms with van der Waals surface area (Å²) in [6, 6.07) is 4.21. The number of thiophene rings is 1. The third kappa shape index (κ3) is 2.50. The number of hydrogen-bond acceptors (Lipinski definition) is 6. The van der Waals surface area contributed by atoms with E-state index in [9.17, 15) is 0 Å². The van der Waals surface area contributed by atoms with Gasteiger partial charge in [0.05, 0.1) is 11.6 Å². The van der Waals surface area contributed by atoms with E-state index in [-0.39, 0.29) is 0 Å². The van der Waals surface area contributed by atoms with Crippen LogP contribution in [-0.2, 0) is 6.42 Å². The number of nitrogens with one attached hydrogen (secondary N) is 3. The first kappa shape index (κ1) is 11.9. The standard InChI is InChI=1S/C12H14N6S/c1-13-12-16-10(9-7-15-18-11(9)17-12)14-5-4-8-3-2-6-19-8/h2-3,6-7H,4-5H2,1H3,(H3,13,14,15,16,17,18). The molecule has 3 aromatic rings. The van der Waals surface area contributed by atoms with Crippen LogP contribution in [0.4, 0.5) is 11.8 Å². The van der Waals surface area contributed by atoms with E-state index < -0.39 is 0 Å². The van der Waals surface area contributed by atoms with Crippen molar-refractivity contribution in [1.82, 2.24) is 20.2 Å². The van der Waals surface area contributed by atoms with Crippen LogP contribution in [0, 0.1) is 0 Å². The Hall–Kier alpha value is -2.15. The molecule has 0 atom stereocenters. The van der Waals surface area contributed by atoms with Crippen LogP contribution >= 0.6 is 11.3 Å². The van der Waals surface area contributed by atoms with Crippen molar-refractivity contribution in [3.05, 3.63) is 28.6 Å². The second-order valence-corrected chi connectivity index (χ2v) is 5.07. The van der Waals surface area contributed by atoms with Crippen LogP contribution in [-0.4, -0.2) is 33.8 Å². The number of aromatic nitrogens is 4. The van der Waals surface area contributed by atoms with Gasteiger partial charge in [-0.2, -0.15) is 15.1 Å². The van der Waals surface area contributed by atoms with Crippen LogP contribution in [0.15, 0.2) is 23.7 Å². The van der Waals surface area contributed by atoms with Crippen molar-refractivity contribution in [2.24, 2.45) is 0 Å². The molecule has 3 aromatic heterocycles. The number of aromatic amines is 1. The zero-order chi connectivity index (χ0) is 13.1. The summed E-state index contributed by atoms with van der Waals surface area (Å²) >= 11 is 1.77. The van der Waals surface area contributed by atoms with Gasteiger partial charge < -0.3 is 10.6 Å². The molecule has 7 heteroatoms. The van der Waals surface area contributed by atoms with Gasteiger partial charge in [-0.05, 0) is 17.9 Å². The molecule has 3 rings (SSSR count). The lowest BCUT2D eigenvalue weighted by Crippen LogP contribution is -2.08. The minimum Gasteiger partial charge on any atom is -0.369 e. The van der Waals surface area contributed by atoms with Gasteiger partial charge in [-0.1, -0.05) is 6.07 Å². The van der Waals surface area contributed by atoms with Crippen molar-refractivity contribution >= 4 is 34.1 Å². The van der Waals surface area contributed by atoms with Gasteiger partial charge in [0.15, 0.2) is 5.65 Å². The molecular formula is C12H14N6S. The van der Waals surface area contributed by atoms with Crippen molar-refractivity contribution < 1.29 is 0 Å². The molecule has 0 aliphatic carbocycles. The van der Waals surface area contributed by atoms with Crippen LogP contribution in [0.2, 0.25) is 0 Å². The molecule has 0 amide bonds. The maximum atomic E-state index is 4.42. The molecule has 0 saturated heterocycles. The maximum Gasteiger partial charge on any atom is 0.226 e. The highest BCUT2D eigenvalue weighted by Crippen LogP contribution is 2.19. The molecule has 0 aliphatic rings. The minimum absolute atomic E-state index is 0.579. The van der Waals surface area contributed by atoms with E-state index in [1.807, 2.05) is 0 Å². The number of H-pyrrole nitrogens is 1. The number of anilines is 2. The van der Waals surface area contributed by atoms with Gasteiger partial charge in [-0.25, -0.2) is 0 Å². The quantitative estimate of drug-likeness (QED) is 0.664. The number of fused-ring (bicyclic) bond motifs is 1. The first-order chi connectivity index (χ1) is 9.36. The third-order valence-electron chi connectivity index (χ3n) is 2.78. The molecule has 0 fully saturated rings. The van der Waals surface area contributed by atoms with E-state index in [0.29, 0.717) is 5.95 Å². The third-order valence-corrected chi connectivity index (χ3v) is 3.71. The van der Waals surface area contributed by atoms with Crippen molar-refractivity contribution in [2.75, 3.05) is 24.2 Å². The summed E-state index contributed by atoms with van der Waals surface area (Å²) in [7, 11) is 1.80. The molecule has 19 heavy (non-hydrogen) atoms. The zero-order valence-corrected chi connectivity index (χ0v) is 11.3. The fraction of sp³-hybridized carbons (Fsp3) is 0.250. The summed E-state index contributed by atoms with van der Waals surface area (Å²) in [5.41, 5.74) is 0.734. The van der Waals surface area contributed by atoms with E-state index in [0.717, 1.165) is 29.8 Å². The predicted octanol–water partition coefficient (Wildman–Crippen LogP) is 2.11. The van der Waals surface area contributed by atoms with Crippen LogP contribution in [0.3, 0.4) is 0 Å². The van der Waals surface area contributed by atoms with E-state index in [4.69, 9.17) is 0 Å². The summed E-state index contributed by atoms with van der Waals surface area (Å²) < 4.78 is 0. The molecule has 0 unspecified atom stereocenters. The van der Waals surface area contributed by atoms with E-state index in [1.54, 1.807) is 24.6 Å². The SMILES string of the molecule is CNc1nc(NCCc2cccs2)c2cn[nH]c2n1.